The first kappa shape index (κ1) is 84.1. The molecule has 0 fully saturated rings. The zero-order chi connectivity index (χ0) is 63.8. The Hall–Kier alpha value is -1.94. The lowest BCUT2D eigenvalue weighted by molar-refractivity contribution is -0.161. The first-order valence-electron chi connectivity index (χ1n) is 34.8. The van der Waals surface area contributed by atoms with Crippen LogP contribution >= 0.6 is 15.6 Å². The number of unbranched alkanes of at least 4 members (excludes halogenated alkanes) is 33. The standard InChI is InChI=1S/C67H130O17P2/c1-8-9-10-31-41-48-64(69)77-54-62(83-67(72)51-44-37-30-24-27-34-40-47-60(6)7)56-81-85(73,74)79-52-61(68)53-80-86(75,76)82-57-63(55-78-65(70)49-42-35-28-22-19-18-21-26-33-39-46-59(4)5)84-66(71)50-43-36-29-23-17-15-13-11-12-14-16-20-25-32-38-45-58(2)3/h58-63,68H,8-57H2,1-7H3,(H,73,74)(H,75,76)/t61-,62+,63+/m0/s1. The van der Waals surface area contributed by atoms with Gasteiger partial charge in [-0.2, -0.15) is 0 Å². The van der Waals surface area contributed by atoms with Crippen LogP contribution in [-0.4, -0.2) is 96.7 Å². The van der Waals surface area contributed by atoms with E-state index in [9.17, 15) is 43.2 Å². The van der Waals surface area contributed by atoms with Gasteiger partial charge in [0, 0.05) is 25.7 Å². The van der Waals surface area contributed by atoms with Crippen LogP contribution in [0.1, 0.15) is 331 Å². The summed E-state index contributed by atoms with van der Waals surface area (Å²) in [5.41, 5.74) is 0. The second-order valence-corrected chi connectivity index (χ2v) is 28.5. The fourth-order valence-corrected chi connectivity index (χ4v) is 11.6. The van der Waals surface area contributed by atoms with Crippen LogP contribution < -0.4 is 0 Å². The van der Waals surface area contributed by atoms with Gasteiger partial charge in [0.1, 0.15) is 19.3 Å². The van der Waals surface area contributed by atoms with Gasteiger partial charge in [-0.1, -0.05) is 280 Å². The summed E-state index contributed by atoms with van der Waals surface area (Å²) in [4.78, 5) is 72.1. The minimum Gasteiger partial charge on any atom is -0.462 e. The number of rotatable bonds is 65. The highest BCUT2D eigenvalue weighted by Gasteiger charge is 2.30. The molecule has 0 aliphatic heterocycles. The molecule has 0 amide bonds. The molecule has 0 aromatic rings. The van der Waals surface area contributed by atoms with Gasteiger partial charge in [0.25, 0.3) is 0 Å². The van der Waals surface area contributed by atoms with E-state index in [-0.39, 0.29) is 25.7 Å². The van der Waals surface area contributed by atoms with Gasteiger partial charge < -0.3 is 33.8 Å². The van der Waals surface area contributed by atoms with Gasteiger partial charge >= 0.3 is 39.5 Å². The number of phosphoric acid groups is 2. The molecular weight excluding hydrogens is 1140 g/mol. The molecule has 0 aromatic carbocycles. The predicted octanol–water partition coefficient (Wildman–Crippen LogP) is 18.7. The normalized spacial score (nSPS) is 14.3. The second-order valence-electron chi connectivity index (χ2n) is 25.6. The first-order chi connectivity index (χ1) is 41.2. The van der Waals surface area contributed by atoms with Crippen molar-refractivity contribution >= 4 is 39.5 Å². The van der Waals surface area contributed by atoms with E-state index in [0.717, 1.165) is 108 Å². The van der Waals surface area contributed by atoms with E-state index in [1.165, 1.54) is 135 Å². The van der Waals surface area contributed by atoms with Crippen molar-refractivity contribution in [3.05, 3.63) is 0 Å². The van der Waals surface area contributed by atoms with Crippen molar-refractivity contribution < 1.29 is 80.2 Å². The summed E-state index contributed by atoms with van der Waals surface area (Å²) < 4.78 is 67.9. The summed E-state index contributed by atoms with van der Waals surface area (Å²) in [5.74, 6) is 0.114. The van der Waals surface area contributed by atoms with E-state index < -0.39 is 97.5 Å². The van der Waals surface area contributed by atoms with E-state index in [2.05, 4.69) is 48.5 Å². The number of phosphoric ester groups is 2. The van der Waals surface area contributed by atoms with Crippen molar-refractivity contribution in [2.24, 2.45) is 17.8 Å². The highest BCUT2D eigenvalue weighted by Crippen LogP contribution is 2.45. The molecular formula is C67H130O17P2. The van der Waals surface area contributed by atoms with Gasteiger partial charge in [-0.25, -0.2) is 9.13 Å². The predicted molar refractivity (Wildman–Crippen MR) is 344 cm³/mol. The fourth-order valence-electron chi connectivity index (χ4n) is 10.0. The third kappa shape index (κ3) is 60.9. The fraction of sp³-hybridized carbons (Fsp3) is 0.940. The van der Waals surface area contributed by atoms with Gasteiger partial charge in [-0.05, 0) is 43.4 Å². The summed E-state index contributed by atoms with van der Waals surface area (Å²) in [7, 11) is -9.88. The number of hydrogen-bond donors (Lipinski definition) is 3. The second kappa shape index (κ2) is 58.2. The highest BCUT2D eigenvalue weighted by molar-refractivity contribution is 7.47. The Morgan fingerprint density at radius 3 is 0.791 bits per heavy atom. The number of carbonyl (C=O) groups is 4. The molecule has 0 spiro atoms. The zero-order valence-electron chi connectivity index (χ0n) is 55.8. The molecule has 0 saturated carbocycles. The Kier molecular flexibility index (Phi) is 56.9. The quantitative estimate of drug-likeness (QED) is 0.0222. The first-order valence-corrected chi connectivity index (χ1v) is 37.8. The van der Waals surface area contributed by atoms with Crippen LogP contribution in [0.25, 0.3) is 0 Å². The maximum Gasteiger partial charge on any atom is 0.472 e. The van der Waals surface area contributed by atoms with Crippen molar-refractivity contribution in [1.29, 1.82) is 0 Å². The van der Waals surface area contributed by atoms with E-state index in [1.54, 1.807) is 0 Å². The molecule has 0 aromatic heterocycles. The van der Waals surface area contributed by atoms with Gasteiger partial charge in [0.05, 0.1) is 26.4 Å². The van der Waals surface area contributed by atoms with Gasteiger partial charge in [-0.3, -0.25) is 37.3 Å². The number of aliphatic hydroxyl groups is 1. The molecule has 0 aliphatic carbocycles. The maximum atomic E-state index is 13.0. The maximum absolute atomic E-state index is 13.0. The van der Waals surface area contributed by atoms with Gasteiger partial charge in [0.15, 0.2) is 12.2 Å². The van der Waals surface area contributed by atoms with E-state index in [4.69, 9.17) is 37.0 Å². The van der Waals surface area contributed by atoms with Crippen LogP contribution in [-0.2, 0) is 65.4 Å². The number of carbonyl (C=O) groups excluding carboxylic acids is 4. The van der Waals surface area contributed by atoms with Gasteiger partial charge in [-0.15, -0.1) is 0 Å². The molecule has 510 valence electrons. The summed E-state index contributed by atoms with van der Waals surface area (Å²) in [6.45, 7) is 11.7. The van der Waals surface area contributed by atoms with Crippen LogP contribution in [0.5, 0.6) is 0 Å². The van der Waals surface area contributed by atoms with Gasteiger partial charge in [0.2, 0.25) is 0 Å². The summed E-state index contributed by atoms with van der Waals surface area (Å²) >= 11 is 0. The summed E-state index contributed by atoms with van der Waals surface area (Å²) in [6, 6.07) is 0. The lowest BCUT2D eigenvalue weighted by Gasteiger charge is -2.21. The largest absolute Gasteiger partial charge is 0.472 e. The molecule has 19 heteroatoms. The highest BCUT2D eigenvalue weighted by atomic mass is 31.2. The molecule has 0 bridgehead atoms. The number of aliphatic hydroxyl groups excluding tert-OH is 1. The molecule has 0 rings (SSSR count). The Morgan fingerprint density at radius 2 is 0.535 bits per heavy atom. The number of esters is 4. The SMILES string of the molecule is CCCCCCCC(=O)OC[C@H](COP(=O)(O)OC[C@H](O)COP(=O)(O)OC[C@@H](COC(=O)CCCCCCCCCCCCC(C)C)OC(=O)CCCCCCCCCCCCCCCCCC(C)C)OC(=O)CCCCCCCCCC(C)C. The topological polar surface area (TPSA) is 237 Å². The molecule has 2 unspecified atom stereocenters. The van der Waals surface area contributed by atoms with Crippen molar-refractivity contribution in [1.82, 2.24) is 0 Å². The zero-order valence-corrected chi connectivity index (χ0v) is 57.6. The smallest absolute Gasteiger partial charge is 0.462 e. The summed E-state index contributed by atoms with van der Waals surface area (Å²) in [6.07, 6.45) is 40.8. The molecule has 86 heavy (non-hydrogen) atoms. The van der Waals surface area contributed by atoms with Crippen LogP contribution in [0.4, 0.5) is 0 Å². The molecule has 0 heterocycles. The monoisotopic (exact) mass is 1270 g/mol. The molecule has 0 aliphatic rings. The Morgan fingerprint density at radius 1 is 0.314 bits per heavy atom. The van der Waals surface area contributed by atoms with Crippen molar-refractivity contribution in [2.75, 3.05) is 39.6 Å². The average Bonchev–Trinajstić information content (AvgIpc) is 3.52. The van der Waals surface area contributed by atoms with Crippen LogP contribution in [0.3, 0.4) is 0 Å². The molecule has 5 atom stereocenters. The molecule has 3 N–H and O–H groups in total. The Labute approximate surface area is 524 Å². The van der Waals surface area contributed by atoms with Crippen LogP contribution in [0.15, 0.2) is 0 Å². The minimum atomic E-state index is -4.95. The third-order valence-electron chi connectivity index (χ3n) is 15.4. The molecule has 0 radical (unpaired) electrons. The number of hydrogen-bond acceptors (Lipinski definition) is 15. The Balaban J connectivity index is 5.16. The minimum absolute atomic E-state index is 0.102. The van der Waals surface area contributed by atoms with Crippen LogP contribution in [0.2, 0.25) is 0 Å². The third-order valence-corrected chi connectivity index (χ3v) is 17.3. The lowest BCUT2D eigenvalue weighted by atomic mass is 10.0. The van der Waals surface area contributed by atoms with Crippen molar-refractivity contribution in [2.45, 2.75) is 349 Å². The van der Waals surface area contributed by atoms with E-state index in [1.807, 2.05) is 0 Å². The van der Waals surface area contributed by atoms with E-state index >= 15 is 0 Å². The molecule has 0 saturated heterocycles. The van der Waals surface area contributed by atoms with Crippen molar-refractivity contribution in [3.8, 4) is 0 Å². The van der Waals surface area contributed by atoms with Crippen molar-refractivity contribution in [3.63, 3.8) is 0 Å². The lowest BCUT2D eigenvalue weighted by Crippen LogP contribution is -2.30. The Bertz CT molecular complexity index is 1700. The van der Waals surface area contributed by atoms with Crippen LogP contribution in [0, 0.1) is 17.8 Å². The van der Waals surface area contributed by atoms with E-state index in [0.29, 0.717) is 31.6 Å². The average molecular weight is 1270 g/mol. The molecule has 17 nitrogen and oxygen atoms in total. The summed E-state index contributed by atoms with van der Waals surface area (Å²) in [5, 5.41) is 10.5. The number of ether oxygens (including phenoxy) is 4.